The Labute approximate surface area is 113 Å². The minimum Gasteiger partial charge on any atom is -0.486 e. The summed E-state index contributed by atoms with van der Waals surface area (Å²) in [5.41, 5.74) is 9.82. The lowest BCUT2D eigenvalue weighted by atomic mass is 10.1. The molecule has 19 heavy (non-hydrogen) atoms. The molecule has 0 aliphatic rings. The molecule has 2 N–H and O–H groups in total. The molecule has 2 rings (SSSR count). The van der Waals surface area contributed by atoms with Crippen molar-refractivity contribution in [1.82, 2.24) is 9.97 Å². The van der Waals surface area contributed by atoms with Crippen molar-refractivity contribution in [2.45, 2.75) is 33.9 Å². The van der Waals surface area contributed by atoms with Crippen LogP contribution in [-0.4, -0.2) is 9.97 Å². The van der Waals surface area contributed by atoms with Crippen LogP contribution in [0.1, 0.15) is 28.3 Å². The normalized spacial score (nSPS) is 10.5. The summed E-state index contributed by atoms with van der Waals surface area (Å²) in [7, 11) is 0. The van der Waals surface area contributed by atoms with E-state index in [-0.39, 0.29) is 0 Å². The number of benzene rings is 1. The van der Waals surface area contributed by atoms with Gasteiger partial charge in [0.2, 0.25) is 0 Å². The van der Waals surface area contributed by atoms with Crippen LogP contribution in [0.25, 0.3) is 0 Å². The van der Waals surface area contributed by atoms with Gasteiger partial charge in [-0.05, 0) is 50.1 Å². The van der Waals surface area contributed by atoms with Gasteiger partial charge >= 0.3 is 0 Å². The highest BCUT2D eigenvalue weighted by Gasteiger charge is 2.03. The molecule has 0 spiro atoms. The van der Waals surface area contributed by atoms with Crippen molar-refractivity contribution >= 4 is 0 Å². The van der Waals surface area contributed by atoms with Gasteiger partial charge in [-0.25, -0.2) is 9.97 Å². The second kappa shape index (κ2) is 5.80. The standard InChI is InChI=1S/C15H19N3O/c1-10-4-5-14(6-11(10)2)19-9-15-17-12(3)7-13(8-16)18-15/h4-7H,8-9,16H2,1-3H3. The average molecular weight is 257 g/mol. The molecule has 0 aliphatic carbocycles. The van der Waals surface area contributed by atoms with Crippen molar-refractivity contribution in [2.75, 3.05) is 0 Å². The summed E-state index contributed by atoms with van der Waals surface area (Å²) in [6.45, 7) is 6.85. The smallest absolute Gasteiger partial charge is 0.166 e. The summed E-state index contributed by atoms with van der Waals surface area (Å²) in [4.78, 5) is 8.69. The molecular weight excluding hydrogens is 238 g/mol. The second-order valence-electron chi connectivity index (χ2n) is 4.66. The van der Waals surface area contributed by atoms with Crippen molar-refractivity contribution < 1.29 is 4.74 Å². The Morgan fingerprint density at radius 2 is 1.84 bits per heavy atom. The second-order valence-corrected chi connectivity index (χ2v) is 4.66. The Balaban J connectivity index is 2.09. The molecule has 0 saturated carbocycles. The van der Waals surface area contributed by atoms with Crippen molar-refractivity contribution in [3.63, 3.8) is 0 Å². The predicted molar refractivity (Wildman–Crippen MR) is 74.9 cm³/mol. The van der Waals surface area contributed by atoms with Crippen LogP contribution in [0.15, 0.2) is 24.3 Å². The largest absolute Gasteiger partial charge is 0.486 e. The summed E-state index contributed by atoms with van der Waals surface area (Å²) in [6.07, 6.45) is 0. The minimum absolute atomic E-state index is 0.358. The van der Waals surface area contributed by atoms with Gasteiger partial charge in [-0.2, -0.15) is 0 Å². The highest BCUT2D eigenvalue weighted by Crippen LogP contribution is 2.17. The lowest BCUT2D eigenvalue weighted by Gasteiger charge is -2.09. The van der Waals surface area contributed by atoms with E-state index in [1.807, 2.05) is 31.2 Å². The van der Waals surface area contributed by atoms with Gasteiger partial charge in [0.15, 0.2) is 5.82 Å². The van der Waals surface area contributed by atoms with E-state index < -0.39 is 0 Å². The van der Waals surface area contributed by atoms with Gasteiger partial charge in [0.1, 0.15) is 12.4 Å². The van der Waals surface area contributed by atoms with Gasteiger partial charge in [-0.3, -0.25) is 0 Å². The van der Waals surface area contributed by atoms with E-state index in [0.717, 1.165) is 17.1 Å². The molecule has 100 valence electrons. The molecular formula is C15H19N3O. The Morgan fingerprint density at radius 1 is 1.05 bits per heavy atom. The molecule has 0 bridgehead atoms. The number of nitrogens with zero attached hydrogens (tertiary/aromatic N) is 2. The molecule has 1 aromatic carbocycles. The average Bonchev–Trinajstić information content (AvgIpc) is 2.39. The highest BCUT2D eigenvalue weighted by atomic mass is 16.5. The van der Waals surface area contributed by atoms with Crippen LogP contribution in [0.3, 0.4) is 0 Å². The van der Waals surface area contributed by atoms with Crippen LogP contribution < -0.4 is 10.5 Å². The lowest BCUT2D eigenvalue weighted by molar-refractivity contribution is 0.295. The fourth-order valence-electron chi connectivity index (χ4n) is 1.82. The number of hydrogen-bond acceptors (Lipinski definition) is 4. The SMILES string of the molecule is Cc1cc(CN)nc(COc2ccc(C)c(C)c2)n1. The van der Waals surface area contributed by atoms with E-state index in [1.165, 1.54) is 11.1 Å². The van der Waals surface area contributed by atoms with Gasteiger partial charge < -0.3 is 10.5 Å². The van der Waals surface area contributed by atoms with Crippen LogP contribution >= 0.6 is 0 Å². The Bertz CT molecular complexity index is 582. The zero-order valence-electron chi connectivity index (χ0n) is 11.6. The molecule has 0 saturated heterocycles. The maximum Gasteiger partial charge on any atom is 0.166 e. The first kappa shape index (κ1) is 13.5. The van der Waals surface area contributed by atoms with Crippen LogP contribution in [-0.2, 0) is 13.2 Å². The minimum atomic E-state index is 0.358. The summed E-state index contributed by atoms with van der Waals surface area (Å²) < 4.78 is 5.72. The summed E-state index contributed by atoms with van der Waals surface area (Å²) in [5.74, 6) is 1.50. The lowest BCUT2D eigenvalue weighted by Crippen LogP contribution is -2.08. The first-order valence-electron chi connectivity index (χ1n) is 6.32. The van der Waals surface area contributed by atoms with Crippen LogP contribution in [0.2, 0.25) is 0 Å². The third kappa shape index (κ3) is 3.51. The first-order chi connectivity index (χ1) is 9.08. The highest BCUT2D eigenvalue weighted by molar-refractivity contribution is 5.33. The zero-order valence-corrected chi connectivity index (χ0v) is 11.6. The quantitative estimate of drug-likeness (QED) is 0.913. The van der Waals surface area contributed by atoms with Crippen LogP contribution in [0.5, 0.6) is 5.75 Å². The molecule has 0 radical (unpaired) electrons. The molecule has 0 fully saturated rings. The molecule has 4 heteroatoms. The van der Waals surface area contributed by atoms with E-state index in [0.29, 0.717) is 19.0 Å². The molecule has 0 aliphatic heterocycles. The monoisotopic (exact) mass is 257 g/mol. The van der Waals surface area contributed by atoms with Crippen molar-refractivity contribution in [1.29, 1.82) is 0 Å². The number of ether oxygens (including phenoxy) is 1. The molecule has 1 heterocycles. The molecule has 1 aromatic heterocycles. The number of aromatic nitrogens is 2. The maximum absolute atomic E-state index is 5.72. The molecule has 0 unspecified atom stereocenters. The summed E-state index contributed by atoms with van der Waals surface area (Å²) in [5, 5.41) is 0. The van der Waals surface area contributed by atoms with Crippen LogP contribution in [0.4, 0.5) is 0 Å². The van der Waals surface area contributed by atoms with Crippen molar-refractivity contribution in [3.05, 3.63) is 52.6 Å². The number of rotatable bonds is 4. The van der Waals surface area contributed by atoms with Gasteiger partial charge in [-0.1, -0.05) is 6.07 Å². The summed E-state index contributed by atoms with van der Waals surface area (Å²) >= 11 is 0. The zero-order chi connectivity index (χ0) is 13.8. The Hall–Kier alpha value is -1.94. The van der Waals surface area contributed by atoms with E-state index in [1.54, 1.807) is 0 Å². The van der Waals surface area contributed by atoms with Gasteiger partial charge in [-0.15, -0.1) is 0 Å². The van der Waals surface area contributed by atoms with Gasteiger partial charge in [0, 0.05) is 12.2 Å². The number of nitrogens with two attached hydrogens (primary N) is 1. The molecule has 0 amide bonds. The van der Waals surface area contributed by atoms with Gasteiger partial charge in [0.25, 0.3) is 0 Å². The van der Waals surface area contributed by atoms with E-state index in [2.05, 4.69) is 23.8 Å². The van der Waals surface area contributed by atoms with E-state index in [9.17, 15) is 0 Å². The fraction of sp³-hybridized carbons (Fsp3) is 0.333. The van der Waals surface area contributed by atoms with Gasteiger partial charge in [0.05, 0.1) is 5.69 Å². The molecule has 0 atom stereocenters. The van der Waals surface area contributed by atoms with Crippen molar-refractivity contribution in [3.8, 4) is 5.75 Å². The summed E-state index contributed by atoms with van der Waals surface area (Å²) in [6, 6.07) is 7.92. The van der Waals surface area contributed by atoms with Crippen LogP contribution in [0, 0.1) is 20.8 Å². The predicted octanol–water partition coefficient (Wildman–Crippen LogP) is 2.44. The first-order valence-corrected chi connectivity index (χ1v) is 6.32. The fourth-order valence-corrected chi connectivity index (χ4v) is 1.82. The number of aryl methyl sites for hydroxylation is 3. The Kier molecular flexibility index (Phi) is 4.12. The number of hydrogen-bond donors (Lipinski definition) is 1. The van der Waals surface area contributed by atoms with E-state index in [4.69, 9.17) is 10.5 Å². The third-order valence-corrected chi connectivity index (χ3v) is 3.01. The van der Waals surface area contributed by atoms with E-state index >= 15 is 0 Å². The molecule has 4 nitrogen and oxygen atoms in total. The molecule has 2 aromatic rings. The third-order valence-electron chi connectivity index (χ3n) is 3.01. The topological polar surface area (TPSA) is 61.0 Å². The maximum atomic E-state index is 5.72. The van der Waals surface area contributed by atoms with Crippen molar-refractivity contribution in [2.24, 2.45) is 5.73 Å². The Morgan fingerprint density at radius 3 is 2.53 bits per heavy atom.